The fourth-order valence-corrected chi connectivity index (χ4v) is 1.40. The van der Waals surface area contributed by atoms with E-state index in [1.807, 2.05) is 20.2 Å². The fraction of sp³-hybridized carbons (Fsp3) is 0.667. The number of rotatable bonds is 4. The largest absolute Gasteiger partial charge is 0.384 e. The minimum absolute atomic E-state index is 0.684. The first kappa shape index (κ1) is 10.2. The zero-order valence-corrected chi connectivity index (χ0v) is 8.41. The normalized spacial score (nSPS) is 15.7. The predicted octanol–water partition coefficient (Wildman–Crippen LogP) is 0.237. The summed E-state index contributed by atoms with van der Waals surface area (Å²) in [5.74, 6) is 0. The first-order chi connectivity index (χ1) is 6.08. The van der Waals surface area contributed by atoms with Crippen molar-refractivity contribution >= 4 is 0 Å². The van der Waals surface area contributed by atoms with Gasteiger partial charge in [0.1, 0.15) is 5.60 Å². The zero-order chi connectivity index (χ0) is 9.90. The van der Waals surface area contributed by atoms with Gasteiger partial charge in [-0.15, -0.1) is 0 Å². The van der Waals surface area contributed by atoms with Gasteiger partial charge in [-0.2, -0.15) is 5.10 Å². The van der Waals surface area contributed by atoms with E-state index in [2.05, 4.69) is 10.4 Å². The van der Waals surface area contributed by atoms with E-state index < -0.39 is 5.60 Å². The lowest BCUT2D eigenvalue weighted by Crippen LogP contribution is -2.28. The quantitative estimate of drug-likeness (QED) is 0.703. The second-order valence-corrected chi connectivity index (χ2v) is 3.47. The van der Waals surface area contributed by atoms with Gasteiger partial charge in [-0.25, -0.2) is 0 Å². The Hall–Kier alpha value is -0.870. The highest BCUT2D eigenvalue weighted by molar-refractivity contribution is 5.09. The van der Waals surface area contributed by atoms with Gasteiger partial charge in [-0.3, -0.25) is 4.68 Å². The molecule has 0 saturated carbocycles. The Labute approximate surface area is 78.6 Å². The number of aryl methyl sites for hydroxylation is 1. The molecule has 74 valence electrons. The summed E-state index contributed by atoms with van der Waals surface area (Å²) < 4.78 is 1.70. The molecule has 0 amide bonds. The van der Waals surface area contributed by atoms with Gasteiger partial charge in [-0.05, 0) is 33.0 Å². The van der Waals surface area contributed by atoms with Gasteiger partial charge in [0.2, 0.25) is 0 Å². The third-order valence-electron chi connectivity index (χ3n) is 2.23. The van der Waals surface area contributed by atoms with Crippen molar-refractivity contribution in [2.24, 2.45) is 7.05 Å². The predicted molar refractivity (Wildman–Crippen MR) is 51.3 cm³/mol. The number of nitrogens with zero attached hydrogens (tertiary/aromatic N) is 2. The van der Waals surface area contributed by atoms with E-state index in [9.17, 15) is 5.11 Å². The minimum Gasteiger partial charge on any atom is -0.384 e. The molecule has 4 nitrogen and oxygen atoms in total. The monoisotopic (exact) mass is 183 g/mol. The van der Waals surface area contributed by atoms with Gasteiger partial charge in [0.25, 0.3) is 0 Å². The van der Waals surface area contributed by atoms with Crippen LogP contribution >= 0.6 is 0 Å². The summed E-state index contributed by atoms with van der Waals surface area (Å²) >= 11 is 0. The molecule has 1 heterocycles. The van der Waals surface area contributed by atoms with Crippen molar-refractivity contribution in [3.63, 3.8) is 0 Å². The Morgan fingerprint density at radius 2 is 2.38 bits per heavy atom. The highest BCUT2D eigenvalue weighted by Gasteiger charge is 2.25. The van der Waals surface area contributed by atoms with Gasteiger partial charge in [0.05, 0.1) is 5.69 Å². The SMILES string of the molecule is CNCCC(C)(O)c1ccnn1C. The molecule has 1 atom stereocenters. The van der Waals surface area contributed by atoms with Crippen molar-refractivity contribution in [2.75, 3.05) is 13.6 Å². The maximum Gasteiger partial charge on any atom is 0.105 e. The first-order valence-corrected chi connectivity index (χ1v) is 4.43. The molecular formula is C9H17N3O. The summed E-state index contributed by atoms with van der Waals surface area (Å²) in [4.78, 5) is 0. The standard InChI is InChI=1S/C9H17N3O/c1-9(13,5-7-10-2)8-4-6-11-12(8)3/h4,6,10,13H,5,7H2,1-3H3. The van der Waals surface area contributed by atoms with E-state index in [0.29, 0.717) is 6.42 Å². The van der Waals surface area contributed by atoms with Crippen molar-refractivity contribution in [2.45, 2.75) is 18.9 Å². The molecule has 0 aromatic carbocycles. The van der Waals surface area contributed by atoms with Gasteiger partial charge >= 0.3 is 0 Å². The molecule has 0 aliphatic rings. The average molecular weight is 183 g/mol. The average Bonchev–Trinajstić information content (AvgIpc) is 2.48. The van der Waals surface area contributed by atoms with Crippen molar-refractivity contribution in [1.82, 2.24) is 15.1 Å². The highest BCUT2D eigenvalue weighted by Crippen LogP contribution is 2.22. The molecule has 13 heavy (non-hydrogen) atoms. The van der Waals surface area contributed by atoms with Crippen LogP contribution in [0.4, 0.5) is 0 Å². The zero-order valence-electron chi connectivity index (χ0n) is 8.41. The molecule has 0 radical (unpaired) electrons. The Balaban J connectivity index is 2.74. The van der Waals surface area contributed by atoms with E-state index in [4.69, 9.17) is 0 Å². The number of hydrogen-bond acceptors (Lipinski definition) is 3. The second-order valence-electron chi connectivity index (χ2n) is 3.47. The molecular weight excluding hydrogens is 166 g/mol. The van der Waals surface area contributed by atoms with Crippen molar-refractivity contribution in [3.8, 4) is 0 Å². The molecule has 0 fully saturated rings. The van der Waals surface area contributed by atoms with Crippen LogP contribution in [0.2, 0.25) is 0 Å². The second kappa shape index (κ2) is 3.89. The van der Waals surface area contributed by atoms with E-state index >= 15 is 0 Å². The molecule has 0 aliphatic carbocycles. The van der Waals surface area contributed by atoms with Gasteiger partial charge in [0, 0.05) is 13.2 Å². The van der Waals surface area contributed by atoms with Crippen LogP contribution in [0, 0.1) is 0 Å². The summed E-state index contributed by atoms with van der Waals surface area (Å²) in [5, 5.41) is 17.1. The number of aliphatic hydroxyl groups is 1. The summed E-state index contributed by atoms with van der Waals surface area (Å²) in [6.07, 6.45) is 2.38. The molecule has 1 aromatic rings. The van der Waals surface area contributed by atoms with Crippen LogP contribution in [-0.2, 0) is 12.6 Å². The molecule has 0 aliphatic heterocycles. The third kappa shape index (κ3) is 2.29. The Bertz CT molecular complexity index is 268. The summed E-state index contributed by atoms with van der Waals surface area (Å²) in [7, 11) is 3.71. The van der Waals surface area contributed by atoms with Crippen molar-refractivity contribution in [3.05, 3.63) is 18.0 Å². The Kier molecular flexibility index (Phi) is 3.06. The lowest BCUT2D eigenvalue weighted by atomic mass is 9.98. The molecule has 0 bridgehead atoms. The number of aromatic nitrogens is 2. The van der Waals surface area contributed by atoms with Gasteiger partial charge < -0.3 is 10.4 Å². The summed E-state index contributed by atoms with van der Waals surface area (Å²) in [6.45, 7) is 2.60. The molecule has 2 N–H and O–H groups in total. The summed E-state index contributed by atoms with van der Waals surface area (Å²) in [5.41, 5.74) is 0.0524. The third-order valence-corrected chi connectivity index (χ3v) is 2.23. The van der Waals surface area contributed by atoms with E-state index in [-0.39, 0.29) is 0 Å². The molecule has 1 rings (SSSR count). The Morgan fingerprint density at radius 1 is 1.69 bits per heavy atom. The van der Waals surface area contributed by atoms with Crippen LogP contribution in [-0.4, -0.2) is 28.5 Å². The fourth-order valence-electron chi connectivity index (χ4n) is 1.40. The lowest BCUT2D eigenvalue weighted by Gasteiger charge is -2.23. The number of hydrogen-bond donors (Lipinski definition) is 2. The molecule has 1 unspecified atom stereocenters. The van der Waals surface area contributed by atoms with E-state index in [1.165, 1.54) is 0 Å². The molecule has 4 heteroatoms. The van der Waals surface area contributed by atoms with Gasteiger partial charge in [0.15, 0.2) is 0 Å². The Morgan fingerprint density at radius 3 is 2.85 bits per heavy atom. The smallest absolute Gasteiger partial charge is 0.105 e. The number of nitrogens with one attached hydrogen (secondary N) is 1. The van der Waals surface area contributed by atoms with Crippen LogP contribution in [0.15, 0.2) is 12.3 Å². The van der Waals surface area contributed by atoms with Crippen LogP contribution < -0.4 is 5.32 Å². The lowest BCUT2D eigenvalue weighted by molar-refractivity contribution is 0.0401. The minimum atomic E-state index is -0.797. The molecule has 1 aromatic heterocycles. The maximum atomic E-state index is 10.1. The van der Waals surface area contributed by atoms with Crippen LogP contribution in [0.5, 0.6) is 0 Å². The topological polar surface area (TPSA) is 50.1 Å². The maximum absolute atomic E-state index is 10.1. The molecule has 0 saturated heterocycles. The van der Waals surface area contributed by atoms with E-state index in [1.54, 1.807) is 17.8 Å². The van der Waals surface area contributed by atoms with Gasteiger partial charge in [-0.1, -0.05) is 0 Å². The highest BCUT2D eigenvalue weighted by atomic mass is 16.3. The summed E-state index contributed by atoms with van der Waals surface area (Å²) in [6, 6.07) is 1.84. The van der Waals surface area contributed by atoms with Crippen LogP contribution in [0.25, 0.3) is 0 Å². The molecule has 0 spiro atoms. The van der Waals surface area contributed by atoms with E-state index in [0.717, 1.165) is 12.2 Å². The van der Waals surface area contributed by atoms with Crippen molar-refractivity contribution in [1.29, 1.82) is 0 Å². The first-order valence-electron chi connectivity index (χ1n) is 4.43. The van der Waals surface area contributed by atoms with Crippen LogP contribution in [0.3, 0.4) is 0 Å². The van der Waals surface area contributed by atoms with Crippen molar-refractivity contribution < 1.29 is 5.11 Å². The van der Waals surface area contributed by atoms with Crippen LogP contribution in [0.1, 0.15) is 19.0 Å².